The summed E-state index contributed by atoms with van der Waals surface area (Å²) >= 11 is 0. The molecule has 0 atom stereocenters. The lowest BCUT2D eigenvalue weighted by Gasteiger charge is -2.12. The van der Waals surface area contributed by atoms with E-state index in [-0.39, 0.29) is 0 Å². The van der Waals surface area contributed by atoms with Gasteiger partial charge in [-0.25, -0.2) is 0 Å². The largest absolute Gasteiger partial charge is 0.507 e. The maximum Gasteiger partial charge on any atom is 0.135 e. The molecule has 0 aliphatic carbocycles. The van der Waals surface area contributed by atoms with E-state index in [1.54, 1.807) is 6.07 Å². The molecule has 0 bridgehead atoms. The van der Waals surface area contributed by atoms with Gasteiger partial charge in [0.25, 0.3) is 0 Å². The van der Waals surface area contributed by atoms with Gasteiger partial charge in [0.15, 0.2) is 0 Å². The Kier molecular flexibility index (Phi) is 3.95. The van der Waals surface area contributed by atoms with E-state index < -0.39 is 0 Å². The van der Waals surface area contributed by atoms with Crippen molar-refractivity contribution >= 4 is 21.9 Å². The minimum Gasteiger partial charge on any atom is -0.507 e. The second-order valence-corrected chi connectivity index (χ2v) is 7.86. The first-order valence-corrected chi connectivity index (χ1v) is 9.83. The number of phenolic OH excluding ortho intramolecular Hbond substituents is 1. The first kappa shape index (κ1) is 17.6. The quantitative estimate of drug-likeness (QED) is 0.344. The number of furan rings is 1. The van der Waals surface area contributed by atoms with E-state index in [9.17, 15) is 5.11 Å². The highest BCUT2D eigenvalue weighted by Gasteiger charge is 2.12. The Balaban J connectivity index is 1.70. The molecule has 29 heavy (non-hydrogen) atoms. The van der Waals surface area contributed by atoms with Gasteiger partial charge in [-0.05, 0) is 85.5 Å². The van der Waals surface area contributed by atoms with Gasteiger partial charge in [0.1, 0.15) is 16.9 Å². The maximum atomic E-state index is 10.4. The summed E-state index contributed by atoms with van der Waals surface area (Å²) in [5, 5.41) is 12.7. The van der Waals surface area contributed by atoms with Crippen molar-refractivity contribution in [3.63, 3.8) is 0 Å². The minimum absolute atomic E-state index is 0.308. The van der Waals surface area contributed by atoms with Crippen LogP contribution in [0.3, 0.4) is 0 Å². The number of benzene rings is 4. The zero-order valence-corrected chi connectivity index (χ0v) is 16.8. The number of hydrogen-bond acceptors (Lipinski definition) is 2. The highest BCUT2D eigenvalue weighted by molar-refractivity contribution is 6.06. The molecule has 0 fully saturated rings. The van der Waals surface area contributed by atoms with Crippen LogP contribution in [-0.2, 0) is 0 Å². The summed E-state index contributed by atoms with van der Waals surface area (Å²) < 4.78 is 6.01. The van der Waals surface area contributed by atoms with Gasteiger partial charge >= 0.3 is 0 Å². The molecule has 0 spiro atoms. The van der Waals surface area contributed by atoms with Crippen LogP contribution in [0.5, 0.6) is 5.75 Å². The summed E-state index contributed by atoms with van der Waals surface area (Å²) in [7, 11) is 0. The summed E-state index contributed by atoms with van der Waals surface area (Å²) in [4.78, 5) is 0. The fraction of sp³-hybridized carbons (Fsp3) is 0.111. The number of rotatable bonds is 2. The molecule has 1 aromatic heterocycles. The summed E-state index contributed by atoms with van der Waals surface area (Å²) in [6.07, 6.45) is 0. The lowest BCUT2D eigenvalue weighted by Crippen LogP contribution is -1.88. The molecular weight excluding hydrogens is 356 g/mol. The van der Waals surface area contributed by atoms with Crippen LogP contribution in [0.4, 0.5) is 0 Å². The highest BCUT2D eigenvalue weighted by Crippen LogP contribution is 2.37. The normalized spacial score (nSPS) is 11.4. The third-order valence-corrected chi connectivity index (χ3v) is 5.64. The molecule has 0 aliphatic heterocycles. The van der Waals surface area contributed by atoms with E-state index in [0.717, 1.165) is 55.3 Å². The van der Waals surface area contributed by atoms with E-state index in [1.807, 2.05) is 31.2 Å². The van der Waals surface area contributed by atoms with Gasteiger partial charge in [0.05, 0.1) is 0 Å². The van der Waals surface area contributed by atoms with Crippen molar-refractivity contribution < 1.29 is 9.52 Å². The van der Waals surface area contributed by atoms with Crippen LogP contribution >= 0.6 is 0 Å². The highest BCUT2D eigenvalue weighted by atomic mass is 16.3. The number of fused-ring (bicyclic) bond motifs is 3. The summed E-state index contributed by atoms with van der Waals surface area (Å²) in [6.45, 7) is 6.22. The van der Waals surface area contributed by atoms with Crippen molar-refractivity contribution in [1.82, 2.24) is 0 Å². The molecule has 0 aliphatic rings. The average Bonchev–Trinajstić information content (AvgIpc) is 3.07. The van der Waals surface area contributed by atoms with Crippen LogP contribution < -0.4 is 0 Å². The van der Waals surface area contributed by atoms with Gasteiger partial charge in [-0.2, -0.15) is 0 Å². The summed E-state index contributed by atoms with van der Waals surface area (Å²) in [6, 6.07) is 24.8. The van der Waals surface area contributed by atoms with Crippen molar-refractivity contribution in [3.8, 4) is 28.0 Å². The van der Waals surface area contributed by atoms with Crippen molar-refractivity contribution in [2.24, 2.45) is 0 Å². The maximum absolute atomic E-state index is 10.4. The smallest absolute Gasteiger partial charge is 0.135 e. The fourth-order valence-corrected chi connectivity index (χ4v) is 4.03. The molecule has 5 rings (SSSR count). The van der Waals surface area contributed by atoms with E-state index in [4.69, 9.17) is 4.42 Å². The Morgan fingerprint density at radius 3 is 2.03 bits per heavy atom. The number of phenols is 1. The van der Waals surface area contributed by atoms with E-state index in [2.05, 4.69) is 56.3 Å². The Morgan fingerprint density at radius 2 is 1.21 bits per heavy atom. The Hall–Kier alpha value is -3.52. The number of hydrogen-bond donors (Lipinski definition) is 1. The molecule has 4 aromatic carbocycles. The van der Waals surface area contributed by atoms with Crippen LogP contribution in [0, 0.1) is 20.8 Å². The molecule has 0 radical (unpaired) electrons. The Labute approximate surface area is 170 Å². The van der Waals surface area contributed by atoms with Gasteiger partial charge in [0.2, 0.25) is 0 Å². The number of aromatic hydroxyl groups is 1. The first-order valence-electron chi connectivity index (χ1n) is 9.83. The topological polar surface area (TPSA) is 33.4 Å². The molecule has 0 unspecified atom stereocenters. The van der Waals surface area contributed by atoms with E-state index in [0.29, 0.717) is 5.75 Å². The second-order valence-electron chi connectivity index (χ2n) is 7.86. The predicted molar refractivity (Wildman–Crippen MR) is 120 cm³/mol. The zero-order chi connectivity index (χ0) is 20.1. The van der Waals surface area contributed by atoms with Crippen molar-refractivity contribution in [2.45, 2.75) is 20.8 Å². The molecule has 142 valence electrons. The van der Waals surface area contributed by atoms with Crippen LogP contribution in [0.25, 0.3) is 44.2 Å². The average molecular weight is 378 g/mol. The monoisotopic (exact) mass is 378 g/mol. The van der Waals surface area contributed by atoms with Crippen molar-refractivity contribution in [3.05, 3.63) is 89.5 Å². The van der Waals surface area contributed by atoms with Crippen LogP contribution in [-0.4, -0.2) is 5.11 Å². The fourth-order valence-electron chi connectivity index (χ4n) is 4.03. The van der Waals surface area contributed by atoms with Gasteiger partial charge in [-0.15, -0.1) is 0 Å². The van der Waals surface area contributed by atoms with Gasteiger partial charge < -0.3 is 9.52 Å². The van der Waals surface area contributed by atoms with Crippen molar-refractivity contribution in [2.75, 3.05) is 0 Å². The lowest BCUT2D eigenvalue weighted by atomic mass is 9.93. The molecule has 0 saturated heterocycles. The van der Waals surface area contributed by atoms with Crippen molar-refractivity contribution in [1.29, 1.82) is 0 Å². The molecule has 1 heterocycles. The molecule has 5 aromatic rings. The first-order chi connectivity index (χ1) is 14.0. The molecule has 1 N–H and O–H groups in total. The molecule has 2 nitrogen and oxygen atoms in total. The standard InChI is InChI=1S/C27H22O2/c1-16-4-9-25(28)22(12-16)21-14-19(7-6-18(21)3)20-8-11-27-24(15-20)23-13-17(2)5-10-26(23)29-27/h4-15,28H,1-3H3. The molecule has 2 heteroatoms. The SMILES string of the molecule is Cc1ccc(O)c(-c2cc(-c3ccc4oc5ccc(C)cc5c4c3)ccc2C)c1. The molecule has 0 amide bonds. The summed E-state index contributed by atoms with van der Waals surface area (Å²) in [5.41, 5.74) is 9.48. The third-order valence-electron chi connectivity index (χ3n) is 5.64. The van der Waals surface area contributed by atoms with Gasteiger partial charge in [-0.1, -0.05) is 41.5 Å². The van der Waals surface area contributed by atoms with E-state index in [1.165, 1.54) is 5.56 Å². The van der Waals surface area contributed by atoms with Gasteiger partial charge in [-0.3, -0.25) is 0 Å². The lowest BCUT2D eigenvalue weighted by molar-refractivity contribution is 0.477. The summed E-state index contributed by atoms with van der Waals surface area (Å²) in [5.74, 6) is 0.308. The van der Waals surface area contributed by atoms with Crippen LogP contribution in [0.2, 0.25) is 0 Å². The van der Waals surface area contributed by atoms with Gasteiger partial charge in [0, 0.05) is 16.3 Å². The van der Waals surface area contributed by atoms with E-state index >= 15 is 0 Å². The minimum atomic E-state index is 0.308. The Morgan fingerprint density at radius 1 is 0.586 bits per heavy atom. The van der Waals surface area contributed by atoms with Crippen LogP contribution in [0.15, 0.2) is 77.2 Å². The zero-order valence-electron chi connectivity index (χ0n) is 16.8. The predicted octanol–water partition coefficient (Wildman–Crippen LogP) is 7.55. The Bertz CT molecular complexity index is 1390. The second kappa shape index (κ2) is 6.52. The third kappa shape index (κ3) is 2.98. The number of aryl methyl sites for hydroxylation is 3. The molecular formula is C27H22O2. The van der Waals surface area contributed by atoms with Crippen LogP contribution in [0.1, 0.15) is 16.7 Å². The molecule has 0 saturated carbocycles.